The van der Waals surface area contributed by atoms with Crippen molar-refractivity contribution in [1.29, 1.82) is 0 Å². The average molecular weight is 440 g/mol. The Bertz CT molecular complexity index is 1260. The van der Waals surface area contributed by atoms with Crippen molar-refractivity contribution in [3.63, 3.8) is 0 Å². The lowest BCUT2D eigenvalue weighted by Gasteiger charge is -2.32. The van der Waals surface area contributed by atoms with Crippen molar-refractivity contribution in [2.24, 2.45) is 0 Å². The number of hydrogen-bond acceptors (Lipinski definition) is 5. The zero-order valence-electron chi connectivity index (χ0n) is 18.2. The number of nitrogens with zero attached hydrogens (tertiary/aromatic N) is 2. The lowest BCUT2D eigenvalue weighted by molar-refractivity contribution is -0.124. The van der Waals surface area contributed by atoms with E-state index in [1.807, 2.05) is 20.8 Å². The molecule has 1 aromatic carbocycles. The van der Waals surface area contributed by atoms with Crippen LogP contribution in [0.15, 0.2) is 35.3 Å². The van der Waals surface area contributed by atoms with E-state index in [0.29, 0.717) is 47.1 Å². The summed E-state index contributed by atoms with van der Waals surface area (Å²) in [5, 5.41) is 6.75. The van der Waals surface area contributed by atoms with E-state index in [4.69, 9.17) is 4.74 Å². The van der Waals surface area contributed by atoms with Gasteiger partial charge in [-0.3, -0.25) is 19.6 Å². The summed E-state index contributed by atoms with van der Waals surface area (Å²) in [4.78, 5) is 39.5. The molecule has 0 spiro atoms. The summed E-state index contributed by atoms with van der Waals surface area (Å²) in [6.45, 7) is 6.38. The molecule has 1 aliphatic heterocycles. The molecule has 168 valence electrons. The molecule has 0 radical (unpaired) electrons. The zero-order valence-corrected chi connectivity index (χ0v) is 18.2. The Morgan fingerprint density at radius 2 is 1.91 bits per heavy atom. The monoisotopic (exact) mass is 440 g/mol. The first-order valence-electron chi connectivity index (χ1n) is 10.7. The summed E-state index contributed by atoms with van der Waals surface area (Å²) in [6, 6.07) is 6.64. The number of hydrogen-bond donors (Lipinski definition) is 2. The lowest BCUT2D eigenvalue weighted by atomic mass is 9.72. The largest absolute Gasteiger partial charge is 0.436 e. The van der Waals surface area contributed by atoms with E-state index < -0.39 is 29.3 Å². The van der Waals surface area contributed by atoms with Gasteiger partial charge in [0, 0.05) is 35.2 Å². The van der Waals surface area contributed by atoms with Crippen molar-refractivity contribution in [1.82, 2.24) is 20.1 Å². The van der Waals surface area contributed by atoms with Crippen LogP contribution in [0, 0.1) is 5.82 Å². The van der Waals surface area contributed by atoms with E-state index in [2.05, 4.69) is 15.4 Å². The number of alkyl carbamates (subject to hydrolysis) is 1. The summed E-state index contributed by atoms with van der Waals surface area (Å²) in [7, 11) is 0. The number of rotatable bonds is 7. The molecule has 0 aliphatic carbocycles. The minimum atomic E-state index is -0.938. The number of amides is 2. The summed E-state index contributed by atoms with van der Waals surface area (Å²) in [5.41, 5.74) is 1.20. The van der Waals surface area contributed by atoms with E-state index >= 15 is 0 Å². The van der Waals surface area contributed by atoms with Crippen LogP contribution < -0.4 is 10.9 Å². The number of imide groups is 1. The van der Waals surface area contributed by atoms with Gasteiger partial charge in [-0.2, -0.15) is 5.10 Å². The molecule has 1 aliphatic rings. The first-order chi connectivity index (χ1) is 15.3. The van der Waals surface area contributed by atoms with Crippen molar-refractivity contribution in [3.05, 3.63) is 52.2 Å². The van der Waals surface area contributed by atoms with Crippen LogP contribution in [0.25, 0.3) is 22.2 Å². The van der Waals surface area contributed by atoms with Crippen LogP contribution in [0.3, 0.4) is 0 Å². The van der Waals surface area contributed by atoms with Gasteiger partial charge in [0.15, 0.2) is 6.10 Å². The maximum Gasteiger partial charge on any atom is 0.414 e. The minimum Gasteiger partial charge on any atom is -0.436 e. The number of aryl methyl sites for hydroxylation is 1. The van der Waals surface area contributed by atoms with Crippen molar-refractivity contribution in [2.75, 3.05) is 0 Å². The van der Waals surface area contributed by atoms with Gasteiger partial charge >= 0.3 is 6.09 Å². The fourth-order valence-corrected chi connectivity index (χ4v) is 4.51. The molecule has 2 N–H and O–H groups in total. The second-order valence-corrected chi connectivity index (χ2v) is 8.04. The van der Waals surface area contributed by atoms with Gasteiger partial charge < -0.3 is 9.72 Å². The molecule has 0 bridgehead atoms. The zero-order chi connectivity index (χ0) is 23.0. The number of H-pyrrole nitrogens is 1. The van der Waals surface area contributed by atoms with Crippen LogP contribution in [-0.2, 0) is 21.5 Å². The SMILES string of the molecule is CCn1ncc2c(F)cc(-c3ccc(C(CC)(CC)CC4OC(=O)NC4=O)c(=O)[nH]3)cc21. The number of carbonyl (C=O) groups is 2. The summed E-state index contributed by atoms with van der Waals surface area (Å²) >= 11 is 0. The fourth-order valence-electron chi connectivity index (χ4n) is 4.51. The molecule has 1 atom stereocenters. The number of carbonyl (C=O) groups excluding carboxylic acids is 2. The number of aromatic nitrogens is 3. The Labute approximate surface area is 183 Å². The van der Waals surface area contributed by atoms with Gasteiger partial charge in [-0.05, 0) is 38.0 Å². The highest BCUT2D eigenvalue weighted by Gasteiger charge is 2.41. The van der Waals surface area contributed by atoms with E-state index in [9.17, 15) is 18.8 Å². The molecular formula is C23H25FN4O4. The number of fused-ring (bicyclic) bond motifs is 1. The van der Waals surface area contributed by atoms with Crippen LogP contribution in [0.4, 0.5) is 9.18 Å². The Balaban J connectivity index is 1.73. The van der Waals surface area contributed by atoms with E-state index in [1.54, 1.807) is 22.9 Å². The molecule has 3 aromatic rings. The molecular weight excluding hydrogens is 415 g/mol. The molecule has 8 nitrogen and oxygen atoms in total. The van der Waals surface area contributed by atoms with Crippen molar-refractivity contribution in [3.8, 4) is 11.3 Å². The summed E-state index contributed by atoms with van der Waals surface area (Å²) in [5.74, 6) is -0.904. The number of nitrogens with one attached hydrogen (secondary N) is 2. The molecule has 32 heavy (non-hydrogen) atoms. The lowest BCUT2D eigenvalue weighted by Crippen LogP contribution is -2.38. The van der Waals surface area contributed by atoms with E-state index in [-0.39, 0.29) is 12.0 Å². The molecule has 3 heterocycles. The number of pyridine rings is 1. The molecule has 2 amide bonds. The highest BCUT2D eigenvalue weighted by Crippen LogP contribution is 2.36. The molecule has 9 heteroatoms. The van der Waals surface area contributed by atoms with Gasteiger partial charge in [0.05, 0.1) is 17.1 Å². The van der Waals surface area contributed by atoms with Gasteiger partial charge in [-0.1, -0.05) is 19.9 Å². The third-order valence-electron chi connectivity index (χ3n) is 6.50. The van der Waals surface area contributed by atoms with E-state index in [1.165, 1.54) is 12.3 Å². The summed E-state index contributed by atoms with van der Waals surface area (Å²) < 4.78 is 21.4. The predicted octanol–water partition coefficient (Wildman–Crippen LogP) is 3.63. The topological polar surface area (TPSA) is 106 Å². The van der Waals surface area contributed by atoms with Gasteiger partial charge in [0.1, 0.15) is 5.82 Å². The Kier molecular flexibility index (Phi) is 5.58. The fraction of sp³-hybridized carbons (Fsp3) is 0.391. The normalized spacial score (nSPS) is 16.4. The molecule has 1 fully saturated rings. The average Bonchev–Trinajstić information content (AvgIpc) is 3.34. The molecule has 4 rings (SSSR count). The molecule has 1 saturated heterocycles. The Morgan fingerprint density at radius 1 is 1.16 bits per heavy atom. The molecule has 1 unspecified atom stereocenters. The van der Waals surface area contributed by atoms with Gasteiger partial charge in [-0.25, -0.2) is 9.18 Å². The maximum atomic E-state index is 14.6. The van der Waals surface area contributed by atoms with E-state index in [0.717, 1.165) is 0 Å². The molecule has 2 aromatic heterocycles. The highest BCUT2D eigenvalue weighted by atomic mass is 19.1. The molecule has 0 saturated carbocycles. The van der Waals surface area contributed by atoms with Gasteiger partial charge in [-0.15, -0.1) is 0 Å². The Hall–Kier alpha value is -3.49. The summed E-state index contributed by atoms with van der Waals surface area (Å²) in [6.07, 6.45) is 1.14. The van der Waals surface area contributed by atoms with Gasteiger partial charge in [0.25, 0.3) is 11.5 Å². The standard InChI is InChI=1S/C23H25FN4O4/c1-4-23(5-2,11-19-21(30)27-22(31)32-19)15-7-8-17(26-20(15)29)13-9-16(24)14-12-25-28(6-3)18(14)10-13/h7-10,12,19H,4-6,11H2,1-3H3,(H,26,29)(H,27,30,31). The highest BCUT2D eigenvalue weighted by molar-refractivity contribution is 6.00. The smallest absolute Gasteiger partial charge is 0.414 e. The number of cyclic esters (lactones) is 1. The van der Waals surface area contributed by atoms with Crippen LogP contribution >= 0.6 is 0 Å². The van der Waals surface area contributed by atoms with Crippen LogP contribution in [0.1, 0.15) is 45.6 Å². The number of halogens is 1. The number of aromatic amines is 1. The predicted molar refractivity (Wildman–Crippen MR) is 117 cm³/mol. The first kappa shape index (κ1) is 21.7. The maximum absolute atomic E-state index is 14.6. The number of benzene rings is 1. The van der Waals surface area contributed by atoms with Crippen LogP contribution in [-0.4, -0.2) is 32.9 Å². The second-order valence-electron chi connectivity index (χ2n) is 8.04. The van der Waals surface area contributed by atoms with Crippen LogP contribution in [0.2, 0.25) is 0 Å². The third kappa shape index (κ3) is 3.57. The third-order valence-corrected chi connectivity index (χ3v) is 6.50. The second kappa shape index (κ2) is 8.22. The quantitative estimate of drug-likeness (QED) is 0.584. The van der Waals surface area contributed by atoms with Crippen molar-refractivity contribution in [2.45, 2.75) is 58.1 Å². The van der Waals surface area contributed by atoms with Crippen LogP contribution in [0.5, 0.6) is 0 Å². The van der Waals surface area contributed by atoms with Crippen molar-refractivity contribution < 1.29 is 18.7 Å². The number of ether oxygens (including phenoxy) is 1. The first-order valence-corrected chi connectivity index (χ1v) is 10.7. The van der Waals surface area contributed by atoms with Gasteiger partial charge in [0.2, 0.25) is 0 Å². The Morgan fingerprint density at radius 3 is 2.50 bits per heavy atom. The minimum absolute atomic E-state index is 0.205. The van der Waals surface area contributed by atoms with Crippen molar-refractivity contribution >= 4 is 22.9 Å².